The molecule has 6 nitrogen and oxygen atoms in total. The number of carbonyl (C=O) groups is 1. The number of nitrogens with zero attached hydrogens (tertiary/aromatic N) is 2. The van der Waals surface area contributed by atoms with Crippen molar-refractivity contribution in [3.05, 3.63) is 81.6 Å². The van der Waals surface area contributed by atoms with Gasteiger partial charge in [-0.3, -0.25) is 4.79 Å². The van der Waals surface area contributed by atoms with E-state index < -0.39 is 20.9 Å². The van der Waals surface area contributed by atoms with E-state index in [1.54, 1.807) is 42.5 Å². The Morgan fingerprint density at radius 3 is 2.50 bits per heavy atom. The molecule has 2 aromatic carbocycles. The number of sulfone groups is 1. The predicted octanol–water partition coefficient (Wildman–Crippen LogP) is 4.32. The highest BCUT2D eigenvalue weighted by atomic mass is 35.5. The molecule has 3 aromatic rings. The smallest absolute Gasteiger partial charge is 0.275 e. The fraction of sp³-hybridized carbons (Fsp3) is 0.105. The minimum Gasteiger partial charge on any atom is -0.321 e. The van der Waals surface area contributed by atoms with Crippen LogP contribution in [0.25, 0.3) is 0 Å². The number of anilines is 1. The molecule has 1 aromatic heterocycles. The van der Waals surface area contributed by atoms with Crippen LogP contribution in [0.3, 0.4) is 0 Å². The van der Waals surface area contributed by atoms with Crippen LogP contribution in [-0.4, -0.2) is 24.3 Å². The second kappa shape index (κ2) is 8.26. The van der Waals surface area contributed by atoms with E-state index in [1.165, 1.54) is 0 Å². The molecule has 0 saturated carbocycles. The van der Waals surface area contributed by atoms with Crippen molar-refractivity contribution < 1.29 is 13.2 Å². The Morgan fingerprint density at radius 1 is 1.11 bits per heavy atom. The summed E-state index contributed by atoms with van der Waals surface area (Å²) in [6.07, 6.45) is 1.11. The summed E-state index contributed by atoms with van der Waals surface area (Å²) < 4.78 is 25.4. The number of nitrogens with one attached hydrogen (secondary N) is 1. The van der Waals surface area contributed by atoms with Crippen molar-refractivity contribution in [3.63, 3.8) is 0 Å². The molecular weight excluding hydrogens is 421 g/mol. The SMILES string of the molecule is Cc1cccc(CS(=O)(=O)c2ncc(Cl)c(C(=O)Nc3ccc(Cl)cc3)n2)c1. The van der Waals surface area contributed by atoms with Gasteiger partial charge in [-0.1, -0.05) is 53.0 Å². The Hall–Kier alpha value is -2.48. The molecule has 0 atom stereocenters. The van der Waals surface area contributed by atoms with Gasteiger partial charge in [-0.2, -0.15) is 0 Å². The number of carbonyl (C=O) groups excluding carboxylic acids is 1. The van der Waals surface area contributed by atoms with Gasteiger partial charge >= 0.3 is 0 Å². The highest BCUT2D eigenvalue weighted by Gasteiger charge is 2.23. The van der Waals surface area contributed by atoms with E-state index in [1.807, 2.05) is 13.0 Å². The van der Waals surface area contributed by atoms with E-state index >= 15 is 0 Å². The standard InChI is InChI=1S/C19H15Cl2N3O3S/c1-12-3-2-4-13(9-12)11-28(26,27)19-22-10-16(21)17(24-19)18(25)23-15-7-5-14(20)6-8-15/h2-10H,11H2,1H3,(H,23,25). The van der Waals surface area contributed by atoms with Gasteiger partial charge in [0.25, 0.3) is 5.91 Å². The van der Waals surface area contributed by atoms with Crippen molar-refractivity contribution in [3.8, 4) is 0 Å². The Balaban J connectivity index is 1.87. The first-order valence-corrected chi connectivity index (χ1v) is 10.5. The van der Waals surface area contributed by atoms with E-state index in [9.17, 15) is 13.2 Å². The van der Waals surface area contributed by atoms with Crippen molar-refractivity contribution in [1.29, 1.82) is 0 Å². The van der Waals surface area contributed by atoms with Gasteiger partial charge in [0.05, 0.1) is 17.0 Å². The zero-order valence-corrected chi connectivity index (χ0v) is 17.0. The highest BCUT2D eigenvalue weighted by molar-refractivity contribution is 7.90. The van der Waals surface area contributed by atoms with Crippen LogP contribution < -0.4 is 5.32 Å². The summed E-state index contributed by atoms with van der Waals surface area (Å²) in [7, 11) is -3.86. The molecule has 3 rings (SSSR count). The lowest BCUT2D eigenvalue weighted by atomic mass is 10.2. The van der Waals surface area contributed by atoms with Crippen LogP contribution in [0.2, 0.25) is 10.0 Å². The van der Waals surface area contributed by atoms with Gasteiger partial charge in [-0.25, -0.2) is 18.4 Å². The number of amides is 1. The van der Waals surface area contributed by atoms with Crippen LogP contribution in [0.5, 0.6) is 0 Å². The van der Waals surface area contributed by atoms with Crippen molar-refractivity contribution >= 4 is 44.6 Å². The molecule has 0 radical (unpaired) electrons. The maximum atomic E-state index is 12.7. The number of hydrogen-bond donors (Lipinski definition) is 1. The van der Waals surface area contributed by atoms with E-state index in [-0.39, 0.29) is 16.5 Å². The van der Waals surface area contributed by atoms with Crippen molar-refractivity contribution in [2.75, 3.05) is 5.32 Å². The molecule has 1 N–H and O–H groups in total. The van der Waals surface area contributed by atoms with Crippen LogP contribution in [0, 0.1) is 6.92 Å². The molecular formula is C19H15Cl2N3O3S. The topological polar surface area (TPSA) is 89.0 Å². The van der Waals surface area contributed by atoms with Gasteiger partial charge in [0.2, 0.25) is 15.0 Å². The number of aromatic nitrogens is 2. The van der Waals surface area contributed by atoms with Gasteiger partial charge in [-0.05, 0) is 36.8 Å². The van der Waals surface area contributed by atoms with Gasteiger partial charge in [0.15, 0.2) is 5.69 Å². The summed E-state index contributed by atoms with van der Waals surface area (Å²) in [4.78, 5) is 20.2. The maximum Gasteiger partial charge on any atom is 0.275 e. The van der Waals surface area contributed by atoms with Crippen molar-refractivity contribution in [2.24, 2.45) is 0 Å². The van der Waals surface area contributed by atoms with Gasteiger partial charge in [-0.15, -0.1) is 0 Å². The van der Waals surface area contributed by atoms with Gasteiger partial charge in [0, 0.05) is 10.7 Å². The largest absolute Gasteiger partial charge is 0.321 e. The third-order valence-electron chi connectivity index (χ3n) is 3.76. The fourth-order valence-corrected chi connectivity index (χ4v) is 3.96. The summed E-state index contributed by atoms with van der Waals surface area (Å²) in [6, 6.07) is 13.5. The average molecular weight is 436 g/mol. The molecule has 144 valence electrons. The zero-order chi connectivity index (χ0) is 20.3. The molecule has 1 amide bonds. The molecule has 1 heterocycles. The second-order valence-corrected chi connectivity index (χ2v) is 8.79. The van der Waals surface area contributed by atoms with Crippen LogP contribution in [0.4, 0.5) is 5.69 Å². The van der Waals surface area contributed by atoms with Crippen molar-refractivity contribution in [1.82, 2.24) is 9.97 Å². The average Bonchev–Trinajstić information content (AvgIpc) is 2.63. The second-order valence-electron chi connectivity index (χ2n) is 6.06. The molecule has 0 fully saturated rings. The van der Waals surface area contributed by atoms with Crippen LogP contribution in [0.15, 0.2) is 59.9 Å². The number of benzene rings is 2. The van der Waals surface area contributed by atoms with Crippen molar-refractivity contribution in [2.45, 2.75) is 17.8 Å². The quantitative estimate of drug-likeness (QED) is 0.602. The normalized spacial score (nSPS) is 11.2. The van der Waals surface area contributed by atoms with Crippen LogP contribution >= 0.6 is 23.2 Å². The Kier molecular flexibility index (Phi) is 5.98. The zero-order valence-electron chi connectivity index (χ0n) is 14.7. The molecule has 0 saturated heterocycles. The molecule has 28 heavy (non-hydrogen) atoms. The third kappa shape index (κ3) is 4.86. The first kappa shape index (κ1) is 20.3. The summed E-state index contributed by atoms with van der Waals surface area (Å²) in [6.45, 7) is 1.87. The first-order chi connectivity index (χ1) is 13.2. The Labute approximate surface area is 172 Å². The Bertz CT molecular complexity index is 1130. The lowest BCUT2D eigenvalue weighted by Crippen LogP contribution is -2.18. The molecule has 0 aliphatic carbocycles. The summed E-state index contributed by atoms with van der Waals surface area (Å²) >= 11 is 11.8. The molecule has 0 bridgehead atoms. The molecule has 0 unspecified atom stereocenters. The van der Waals surface area contributed by atoms with Gasteiger partial charge < -0.3 is 5.32 Å². The number of rotatable bonds is 5. The summed E-state index contributed by atoms with van der Waals surface area (Å²) in [5.41, 5.74) is 1.78. The van der Waals surface area contributed by atoms with Crippen LogP contribution in [-0.2, 0) is 15.6 Å². The lowest BCUT2D eigenvalue weighted by molar-refractivity contribution is 0.102. The fourth-order valence-electron chi connectivity index (χ4n) is 2.47. The van der Waals surface area contributed by atoms with E-state index in [4.69, 9.17) is 23.2 Å². The monoisotopic (exact) mass is 435 g/mol. The summed E-state index contributed by atoms with van der Waals surface area (Å²) in [5, 5.41) is 2.60. The minimum atomic E-state index is -3.86. The minimum absolute atomic E-state index is 0.0547. The molecule has 9 heteroatoms. The Morgan fingerprint density at radius 2 is 1.82 bits per heavy atom. The maximum absolute atomic E-state index is 12.7. The molecule has 0 aliphatic rings. The van der Waals surface area contributed by atoms with Gasteiger partial charge in [0.1, 0.15) is 0 Å². The number of aryl methyl sites for hydroxylation is 1. The summed E-state index contributed by atoms with van der Waals surface area (Å²) in [5.74, 6) is -0.934. The van der Waals surface area contributed by atoms with Crippen LogP contribution in [0.1, 0.15) is 21.6 Å². The van der Waals surface area contributed by atoms with E-state index in [2.05, 4.69) is 15.3 Å². The lowest BCUT2D eigenvalue weighted by Gasteiger charge is -2.08. The van der Waals surface area contributed by atoms with E-state index in [0.717, 1.165) is 11.8 Å². The van der Waals surface area contributed by atoms with E-state index in [0.29, 0.717) is 16.3 Å². The molecule has 0 aliphatic heterocycles. The number of hydrogen-bond acceptors (Lipinski definition) is 5. The number of halogens is 2. The molecule has 0 spiro atoms. The predicted molar refractivity (Wildman–Crippen MR) is 109 cm³/mol. The third-order valence-corrected chi connectivity index (χ3v) is 5.75. The highest BCUT2D eigenvalue weighted by Crippen LogP contribution is 2.20. The first-order valence-electron chi connectivity index (χ1n) is 8.12.